The molecule has 0 spiro atoms. The molecule has 2 aromatic rings. The molecule has 140 valence electrons. The fourth-order valence-corrected chi connectivity index (χ4v) is 2.32. The fraction of sp³-hybridized carbons (Fsp3) is 0.176. The van der Waals surface area contributed by atoms with Gasteiger partial charge in [-0.1, -0.05) is 0 Å². The van der Waals surface area contributed by atoms with E-state index in [1.807, 2.05) is 0 Å². The number of ether oxygens (including phenoxy) is 4. The standard InChI is InChI=1S/C17H14N2O8/c1-24-11-3-4-12(13(7-11)19(22)23)18-16(20)8-25-17(21)10-2-5-14-15(6-10)27-9-26-14/h2-7H,8-9H2,1H3,(H,18,20). The fourth-order valence-electron chi connectivity index (χ4n) is 2.32. The van der Waals surface area contributed by atoms with Crippen LogP contribution in [0.4, 0.5) is 11.4 Å². The van der Waals surface area contributed by atoms with Gasteiger partial charge in [0.05, 0.1) is 23.7 Å². The third-order valence-electron chi connectivity index (χ3n) is 3.62. The summed E-state index contributed by atoms with van der Waals surface area (Å²) in [4.78, 5) is 34.5. The molecule has 0 radical (unpaired) electrons. The summed E-state index contributed by atoms with van der Waals surface area (Å²) in [6, 6.07) is 8.43. The van der Waals surface area contributed by atoms with Crippen molar-refractivity contribution < 1.29 is 33.5 Å². The predicted molar refractivity (Wildman–Crippen MR) is 91.1 cm³/mol. The number of nitro benzene ring substituents is 1. The smallest absolute Gasteiger partial charge is 0.338 e. The number of nitro groups is 1. The Kier molecular flexibility index (Phi) is 5.06. The van der Waals surface area contributed by atoms with Crippen molar-refractivity contribution in [1.82, 2.24) is 0 Å². The highest BCUT2D eigenvalue weighted by Crippen LogP contribution is 2.32. The van der Waals surface area contributed by atoms with Crippen molar-refractivity contribution in [3.8, 4) is 17.2 Å². The summed E-state index contributed by atoms with van der Waals surface area (Å²) >= 11 is 0. The number of fused-ring (bicyclic) bond motifs is 1. The number of carbonyl (C=O) groups excluding carboxylic acids is 2. The Morgan fingerprint density at radius 3 is 2.70 bits per heavy atom. The van der Waals surface area contributed by atoms with E-state index in [0.29, 0.717) is 11.5 Å². The zero-order valence-electron chi connectivity index (χ0n) is 14.1. The van der Waals surface area contributed by atoms with E-state index in [2.05, 4.69) is 5.32 Å². The van der Waals surface area contributed by atoms with Crippen molar-refractivity contribution in [3.63, 3.8) is 0 Å². The Bertz CT molecular complexity index is 912. The molecule has 27 heavy (non-hydrogen) atoms. The number of carbonyl (C=O) groups is 2. The van der Waals surface area contributed by atoms with Gasteiger partial charge in [-0.05, 0) is 30.3 Å². The number of benzene rings is 2. The van der Waals surface area contributed by atoms with Gasteiger partial charge in [-0.15, -0.1) is 0 Å². The van der Waals surface area contributed by atoms with Crippen LogP contribution in [0.15, 0.2) is 36.4 Å². The molecule has 3 rings (SSSR count). The molecule has 1 aliphatic heterocycles. The Hall–Kier alpha value is -3.82. The molecule has 0 fully saturated rings. The summed E-state index contributed by atoms with van der Waals surface area (Å²) < 4.78 is 20.2. The van der Waals surface area contributed by atoms with Crippen molar-refractivity contribution in [3.05, 3.63) is 52.1 Å². The van der Waals surface area contributed by atoms with E-state index >= 15 is 0 Å². The molecular formula is C17H14N2O8. The molecule has 1 amide bonds. The van der Waals surface area contributed by atoms with E-state index in [-0.39, 0.29) is 29.5 Å². The highest BCUT2D eigenvalue weighted by molar-refractivity contribution is 5.97. The zero-order chi connectivity index (χ0) is 19.4. The Morgan fingerprint density at radius 1 is 1.19 bits per heavy atom. The monoisotopic (exact) mass is 374 g/mol. The molecule has 0 bridgehead atoms. The number of anilines is 1. The van der Waals surface area contributed by atoms with Gasteiger partial charge >= 0.3 is 5.97 Å². The second-order valence-electron chi connectivity index (χ2n) is 5.33. The van der Waals surface area contributed by atoms with E-state index in [4.69, 9.17) is 18.9 Å². The number of nitrogens with zero attached hydrogens (tertiary/aromatic N) is 1. The molecule has 1 aliphatic rings. The molecule has 10 nitrogen and oxygen atoms in total. The molecule has 1 N–H and O–H groups in total. The van der Waals surface area contributed by atoms with Crippen LogP contribution in [0.5, 0.6) is 17.2 Å². The molecule has 1 heterocycles. The van der Waals surface area contributed by atoms with Crippen molar-refractivity contribution in [2.45, 2.75) is 0 Å². The van der Waals surface area contributed by atoms with Gasteiger partial charge in [0.2, 0.25) is 6.79 Å². The zero-order valence-corrected chi connectivity index (χ0v) is 14.1. The molecule has 0 saturated heterocycles. The first-order valence-corrected chi connectivity index (χ1v) is 7.67. The van der Waals surface area contributed by atoms with E-state index in [9.17, 15) is 19.7 Å². The number of hydrogen-bond donors (Lipinski definition) is 1. The van der Waals surface area contributed by atoms with Crippen LogP contribution in [0.3, 0.4) is 0 Å². The van der Waals surface area contributed by atoms with Crippen LogP contribution in [0.25, 0.3) is 0 Å². The molecule has 0 aromatic heterocycles. The highest BCUT2D eigenvalue weighted by Gasteiger charge is 2.20. The van der Waals surface area contributed by atoms with Crippen molar-refractivity contribution >= 4 is 23.3 Å². The molecule has 0 atom stereocenters. The maximum atomic E-state index is 12.0. The molecule has 0 aliphatic carbocycles. The minimum atomic E-state index is -0.743. The summed E-state index contributed by atoms with van der Waals surface area (Å²) in [5.74, 6) is -0.280. The predicted octanol–water partition coefficient (Wildman–Crippen LogP) is 2.13. The topological polar surface area (TPSA) is 126 Å². The number of hydrogen-bond acceptors (Lipinski definition) is 8. The van der Waals surface area contributed by atoms with Crippen molar-refractivity contribution in [2.24, 2.45) is 0 Å². The first-order valence-electron chi connectivity index (χ1n) is 7.67. The minimum absolute atomic E-state index is 0.0371. The minimum Gasteiger partial charge on any atom is -0.496 e. The summed E-state index contributed by atoms with van der Waals surface area (Å²) in [6.07, 6.45) is 0. The van der Waals surface area contributed by atoms with Crippen LogP contribution in [0.1, 0.15) is 10.4 Å². The maximum Gasteiger partial charge on any atom is 0.338 e. The maximum absolute atomic E-state index is 12.0. The van der Waals surface area contributed by atoms with Gasteiger partial charge < -0.3 is 24.3 Å². The lowest BCUT2D eigenvalue weighted by atomic mass is 10.2. The van der Waals surface area contributed by atoms with Gasteiger partial charge in [-0.3, -0.25) is 14.9 Å². The number of nitrogens with one attached hydrogen (secondary N) is 1. The summed E-state index contributed by atoms with van der Waals surface area (Å²) in [6.45, 7) is -0.548. The second kappa shape index (κ2) is 7.60. The lowest BCUT2D eigenvalue weighted by Crippen LogP contribution is -2.21. The van der Waals surface area contributed by atoms with E-state index in [0.717, 1.165) is 0 Å². The lowest BCUT2D eigenvalue weighted by molar-refractivity contribution is -0.384. The molecule has 10 heteroatoms. The van der Waals surface area contributed by atoms with Crippen molar-refractivity contribution in [1.29, 1.82) is 0 Å². The van der Waals surface area contributed by atoms with Gasteiger partial charge in [-0.2, -0.15) is 0 Å². The highest BCUT2D eigenvalue weighted by atomic mass is 16.7. The molecule has 0 saturated carbocycles. The molecular weight excluding hydrogens is 360 g/mol. The summed E-state index contributed by atoms with van der Waals surface area (Å²) in [5.41, 5.74) is -0.197. The van der Waals surface area contributed by atoms with Crippen molar-refractivity contribution in [2.75, 3.05) is 25.8 Å². The van der Waals surface area contributed by atoms with E-state index in [1.165, 1.54) is 37.4 Å². The number of esters is 1. The van der Waals surface area contributed by atoms with Gasteiger partial charge in [0, 0.05) is 0 Å². The Balaban J connectivity index is 1.61. The number of methoxy groups -OCH3 is 1. The summed E-state index contributed by atoms with van der Waals surface area (Å²) in [7, 11) is 1.37. The van der Waals surface area contributed by atoms with Gasteiger partial charge in [0.1, 0.15) is 11.4 Å². The van der Waals surface area contributed by atoms with Gasteiger partial charge in [0.15, 0.2) is 18.1 Å². The van der Waals surface area contributed by atoms with E-state index in [1.54, 1.807) is 6.07 Å². The Labute approximate surface area is 152 Å². The second-order valence-corrected chi connectivity index (χ2v) is 5.33. The molecule has 0 unspecified atom stereocenters. The third-order valence-corrected chi connectivity index (χ3v) is 3.62. The largest absolute Gasteiger partial charge is 0.496 e. The van der Waals surface area contributed by atoms with Gasteiger partial charge in [-0.25, -0.2) is 4.79 Å². The first kappa shape index (κ1) is 18.0. The average Bonchev–Trinajstić information content (AvgIpc) is 3.14. The van der Waals surface area contributed by atoms with Gasteiger partial charge in [0.25, 0.3) is 11.6 Å². The number of rotatable bonds is 6. The normalized spacial score (nSPS) is 11.6. The Morgan fingerprint density at radius 2 is 1.96 bits per heavy atom. The van der Waals surface area contributed by atoms with E-state index < -0.39 is 23.4 Å². The number of amides is 1. The lowest BCUT2D eigenvalue weighted by Gasteiger charge is -2.08. The quantitative estimate of drug-likeness (QED) is 0.463. The first-order chi connectivity index (χ1) is 13.0. The molecule has 2 aromatic carbocycles. The van der Waals surface area contributed by atoms with Crippen LogP contribution < -0.4 is 19.5 Å². The average molecular weight is 374 g/mol. The van der Waals surface area contributed by atoms with Crippen LogP contribution >= 0.6 is 0 Å². The van der Waals surface area contributed by atoms with Crippen LogP contribution in [-0.2, 0) is 9.53 Å². The van der Waals surface area contributed by atoms with Crippen LogP contribution in [-0.4, -0.2) is 37.3 Å². The SMILES string of the molecule is COc1ccc(NC(=O)COC(=O)c2ccc3c(c2)OCO3)c([N+](=O)[O-])c1. The third kappa shape index (κ3) is 4.06. The van der Waals surface area contributed by atoms with Crippen LogP contribution in [0, 0.1) is 10.1 Å². The van der Waals surface area contributed by atoms with Crippen LogP contribution in [0.2, 0.25) is 0 Å². The summed E-state index contributed by atoms with van der Waals surface area (Å²) in [5, 5.41) is 13.4.